The molecule has 2 aromatic heterocycles. The molecule has 3 N–H and O–H groups in total. The Hall–Kier alpha value is -1.88. The highest BCUT2D eigenvalue weighted by molar-refractivity contribution is 7.18. The molecule has 0 fully saturated rings. The number of thiophene rings is 1. The van der Waals surface area contributed by atoms with Crippen molar-refractivity contribution < 1.29 is 4.79 Å². The number of nitrogens with zero attached hydrogens (tertiary/aromatic N) is 1. The highest BCUT2D eigenvalue weighted by atomic mass is 32.1. The van der Waals surface area contributed by atoms with E-state index in [9.17, 15) is 4.79 Å². The van der Waals surface area contributed by atoms with E-state index < -0.39 is 0 Å². The average Bonchev–Trinajstić information content (AvgIpc) is 2.71. The Morgan fingerprint density at radius 3 is 2.67 bits per heavy atom. The molecular weight excluding hydrogens is 246 g/mol. The zero-order chi connectivity index (χ0) is 13.1. The number of nitrogens with one attached hydrogen (secondary N) is 1. The summed E-state index contributed by atoms with van der Waals surface area (Å²) in [5, 5.41) is 4.24. The lowest BCUT2D eigenvalue weighted by molar-refractivity contribution is 0.102. The maximum Gasteiger partial charge on any atom is 0.171 e. The van der Waals surface area contributed by atoms with Gasteiger partial charge in [0.05, 0.1) is 15.6 Å². The van der Waals surface area contributed by atoms with E-state index in [4.69, 9.17) is 5.73 Å². The lowest BCUT2D eigenvalue weighted by atomic mass is 10.1. The van der Waals surface area contributed by atoms with Crippen molar-refractivity contribution in [2.45, 2.75) is 19.9 Å². The molecule has 1 atom stereocenters. The van der Waals surface area contributed by atoms with Crippen LogP contribution in [0.5, 0.6) is 0 Å². The van der Waals surface area contributed by atoms with E-state index in [1.54, 1.807) is 18.5 Å². The van der Waals surface area contributed by atoms with Gasteiger partial charge in [-0.2, -0.15) is 0 Å². The predicted molar refractivity (Wildman–Crippen MR) is 75.0 cm³/mol. The molecule has 5 heteroatoms. The summed E-state index contributed by atoms with van der Waals surface area (Å²) in [6.07, 6.45) is 3.52. The number of pyridine rings is 1. The Morgan fingerprint density at radius 1 is 1.44 bits per heavy atom. The summed E-state index contributed by atoms with van der Waals surface area (Å²) >= 11 is 1.39. The molecule has 0 aromatic carbocycles. The second kappa shape index (κ2) is 5.18. The van der Waals surface area contributed by atoms with Crippen molar-refractivity contribution in [2.75, 3.05) is 11.1 Å². The molecule has 4 nitrogen and oxygen atoms in total. The normalized spacial score (nSPS) is 12.1. The molecule has 94 valence electrons. The number of nitrogen functional groups attached to an aromatic ring is 1. The van der Waals surface area contributed by atoms with Gasteiger partial charge in [0.1, 0.15) is 0 Å². The fraction of sp³-hybridized carbons (Fsp3) is 0.231. The van der Waals surface area contributed by atoms with Crippen molar-refractivity contribution in [3.05, 3.63) is 41.0 Å². The number of hydrogen-bond acceptors (Lipinski definition) is 5. The van der Waals surface area contributed by atoms with Crippen LogP contribution in [-0.2, 0) is 0 Å². The fourth-order valence-electron chi connectivity index (χ4n) is 1.70. The average molecular weight is 261 g/mol. The number of Topliss-reactive ketones (excluding diaryl/α,β-unsaturated/α-hetero) is 1. The first kappa shape index (κ1) is 12.6. The van der Waals surface area contributed by atoms with E-state index in [0.29, 0.717) is 10.6 Å². The van der Waals surface area contributed by atoms with E-state index in [1.165, 1.54) is 18.3 Å². The van der Waals surface area contributed by atoms with Crippen LogP contribution in [0.4, 0.5) is 10.7 Å². The van der Waals surface area contributed by atoms with Gasteiger partial charge in [-0.15, -0.1) is 11.3 Å². The molecule has 0 bridgehead atoms. The Morgan fingerprint density at radius 2 is 2.11 bits per heavy atom. The third-order valence-electron chi connectivity index (χ3n) is 2.65. The number of rotatable bonds is 4. The van der Waals surface area contributed by atoms with Crippen molar-refractivity contribution in [3.8, 4) is 0 Å². The molecule has 2 rings (SSSR count). The molecule has 0 aliphatic heterocycles. The first-order chi connectivity index (χ1) is 8.58. The molecule has 2 heterocycles. The Kier molecular flexibility index (Phi) is 3.62. The van der Waals surface area contributed by atoms with Crippen LogP contribution in [0.25, 0.3) is 0 Å². The molecule has 0 amide bonds. The summed E-state index contributed by atoms with van der Waals surface area (Å²) in [7, 11) is 0. The van der Waals surface area contributed by atoms with Crippen molar-refractivity contribution in [1.82, 2.24) is 4.98 Å². The molecule has 0 aliphatic rings. The van der Waals surface area contributed by atoms with Gasteiger partial charge in [0.2, 0.25) is 0 Å². The van der Waals surface area contributed by atoms with Crippen LogP contribution in [-0.4, -0.2) is 10.8 Å². The van der Waals surface area contributed by atoms with Crippen molar-refractivity contribution in [1.29, 1.82) is 0 Å². The molecule has 1 unspecified atom stereocenters. The zero-order valence-corrected chi connectivity index (χ0v) is 11.1. The minimum atomic E-state index is 0.00196. The summed E-state index contributed by atoms with van der Waals surface area (Å²) in [4.78, 5) is 15.9. The van der Waals surface area contributed by atoms with E-state index in [2.05, 4.69) is 17.2 Å². The Bertz CT molecular complexity index is 551. The third-order valence-corrected chi connectivity index (χ3v) is 3.83. The monoisotopic (exact) mass is 261 g/mol. The van der Waals surface area contributed by atoms with Gasteiger partial charge < -0.3 is 11.1 Å². The van der Waals surface area contributed by atoms with Gasteiger partial charge >= 0.3 is 0 Å². The number of aromatic nitrogens is 1. The number of carbonyl (C=O) groups is 1. The summed E-state index contributed by atoms with van der Waals surface area (Å²) in [6, 6.07) is 5.87. The maximum atomic E-state index is 11.3. The fourth-order valence-corrected chi connectivity index (χ4v) is 2.66. The first-order valence-corrected chi connectivity index (χ1v) is 6.46. The number of nitrogens with two attached hydrogens (primary N) is 1. The predicted octanol–water partition coefficient (Wildman–Crippen LogP) is 3.10. The molecule has 2 aromatic rings. The molecule has 0 saturated carbocycles. The molecule has 0 saturated heterocycles. The van der Waals surface area contributed by atoms with Crippen LogP contribution in [0.1, 0.15) is 35.1 Å². The second-order valence-corrected chi connectivity index (χ2v) is 5.15. The number of ketones is 1. The van der Waals surface area contributed by atoms with Crippen molar-refractivity contribution in [3.63, 3.8) is 0 Å². The molecule has 0 aliphatic carbocycles. The molecule has 18 heavy (non-hydrogen) atoms. The van der Waals surface area contributed by atoms with Crippen molar-refractivity contribution in [2.24, 2.45) is 0 Å². The topological polar surface area (TPSA) is 68.0 Å². The minimum Gasteiger partial charge on any atom is -0.397 e. The number of hydrogen-bond donors (Lipinski definition) is 2. The quantitative estimate of drug-likeness (QED) is 0.830. The molecular formula is C13H15N3OS. The highest BCUT2D eigenvalue weighted by Gasteiger charge is 2.12. The lowest BCUT2D eigenvalue weighted by Gasteiger charge is -2.13. The number of carbonyl (C=O) groups excluding carboxylic acids is 1. The molecule has 0 radical (unpaired) electrons. The Balaban J connectivity index is 2.15. The van der Waals surface area contributed by atoms with E-state index in [-0.39, 0.29) is 11.8 Å². The maximum absolute atomic E-state index is 11.3. The van der Waals surface area contributed by atoms with Gasteiger partial charge in [0.15, 0.2) is 5.78 Å². The van der Waals surface area contributed by atoms with Gasteiger partial charge in [0.25, 0.3) is 0 Å². The zero-order valence-electron chi connectivity index (χ0n) is 10.3. The van der Waals surface area contributed by atoms with E-state index in [1.807, 2.05) is 12.1 Å². The van der Waals surface area contributed by atoms with Crippen molar-refractivity contribution >= 4 is 27.8 Å². The van der Waals surface area contributed by atoms with E-state index >= 15 is 0 Å². The highest BCUT2D eigenvalue weighted by Crippen LogP contribution is 2.31. The number of anilines is 2. The summed E-state index contributed by atoms with van der Waals surface area (Å²) in [5.41, 5.74) is 7.48. The van der Waals surface area contributed by atoms with Gasteiger partial charge in [-0.3, -0.25) is 9.78 Å². The van der Waals surface area contributed by atoms with Gasteiger partial charge in [-0.25, -0.2) is 0 Å². The van der Waals surface area contributed by atoms with Crippen LogP contribution in [0.2, 0.25) is 0 Å². The largest absolute Gasteiger partial charge is 0.397 e. The van der Waals surface area contributed by atoms with Crippen LogP contribution >= 0.6 is 11.3 Å². The summed E-state index contributed by atoms with van der Waals surface area (Å²) < 4.78 is 0. The second-order valence-electron chi connectivity index (χ2n) is 4.10. The van der Waals surface area contributed by atoms with Crippen LogP contribution < -0.4 is 11.1 Å². The smallest absolute Gasteiger partial charge is 0.171 e. The third kappa shape index (κ3) is 2.68. The van der Waals surface area contributed by atoms with Crippen LogP contribution in [0.15, 0.2) is 30.6 Å². The lowest BCUT2D eigenvalue weighted by Crippen LogP contribution is -2.05. The summed E-state index contributed by atoms with van der Waals surface area (Å²) in [5.74, 6) is 0.00196. The van der Waals surface area contributed by atoms with Gasteiger partial charge in [-0.05, 0) is 30.7 Å². The van der Waals surface area contributed by atoms with Gasteiger partial charge in [-0.1, -0.05) is 0 Å². The molecule has 0 spiro atoms. The summed E-state index contributed by atoms with van der Waals surface area (Å²) in [6.45, 7) is 3.58. The van der Waals surface area contributed by atoms with E-state index in [0.717, 1.165) is 10.6 Å². The first-order valence-electron chi connectivity index (χ1n) is 5.64. The Labute approximate surface area is 110 Å². The minimum absolute atomic E-state index is 0.00196. The SMILES string of the molecule is CC(=O)c1sc(NC(C)c2ccncc2)cc1N. The van der Waals surface area contributed by atoms with Crippen LogP contribution in [0, 0.1) is 0 Å². The van der Waals surface area contributed by atoms with Crippen LogP contribution in [0.3, 0.4) is 0 Å². The standard InChI is InChI=1S/C13H15N3OS/c1-8(10-3-5-15-6-4-10)16-12-7-11(14)13(18-12)9(2)17/h3-8,16H,14H2,1-2H3. The van der Waals surface area contributed by atoms with Gasteiger partial charge in [0, 0.05) is 25.4 Å².